The second-order valence-electron chi connectivity index (χ2n) is 15.6. The van der Waals surface area contributed by atoms with Crippen LogP contribution >= 0.6 is 0 Å². The Kier molecular flexibility index (Phi) is 7.41. The van der Waals surface area contributed by atoms with Crippen molar-refractivity contribution < 1.29 is 0 Å². The van der Waals surface area contributed by atoms with Crippen LogP contribution in [-0.2, 0) is 5.41 Å². The van der Waals surface area contributed by atoms with Gasteiger partial charge in [-0.3, -0.25) is 0 Å². The van der Waals surface area contributed by atoms with E-state index in [-0.39, 0.29) is 0 Å². The van der Waals surface area contributed by atoms with Crippen LogP contribution in [0.15, 0.2) is 170 Å². The quantitative estimate of drug-likeness (QED) is 0.165. The lowest BCUT2D eigenvalue weighted by atomic mass is 9.48. The van der Waals surface area contributed by atoms with Gasteiger partial charge in [0.2, 0.25) is 0 Å². The van der Waals surface area contributed by atoms with E-state index in [0.717, 1.165) is 34.8 Å². The first-order chi connectivity index (χ1) is 25.2. The van der Waals surface area contributed by atoms with Gasteiger partial charge in [-0.15, -0.1) is 0 Å². The number of rotatable bonds is 7. The smallest absolute Gasteiger partial charge is 0.0540 e. The van der Waals surface area contributed by atoms with Crippen molar-refractivity contribution in [2.24, 2.45) is 17.8 Å². The molecule has 11 rings (SSSR count). The first-order valence-electron chi connectivity index (χ1n) is 18.9. The second-order valence-corrected chi connectivity index (χ2v) is 15.6. The fourth-order valence-electron chi connectivity index (χ4n) is 10.5. The zero-order valence-corrected chi connectivity index (χ0v) is 29.1. The highest BCUT2D eigenvalue weighted by Gasteiger charge is 2.51. The molecular formula is C50H43N. The molecular weight excluding hydrogens is 615 g/mol. The number of hydrogen-bond donors (Lipinski definition) is 0. The Morgan fingerprint density at radius 1 is 0.392 bits per heavy atom. The molecule has 1 heteroatoms. The van der Waals surface area contributed by atoms with Crippen LogP contribution in [0.5, 0.6) is 0 Å². The molecule has 0 atom stereocenters. The van der Waals surface area contributed by atoms with Gasteiger partial charge in [0.15, 0.2) is 0 Å². The van der Waals surface area contributed by atoms with Crippen LogP contribution < -0.4 is 4.90 Å². The summed E-state index contributed by atoms with van der Waals surface area (Å²) in [6, 6.07) is 62.8. The third-order valence-electron chi connectivity index (χ3n) is 12.5. The normalized spacial score (nSPS) is 21.9. The minimum absolute atomic E-state index is 0.436. The summed E-state index contributed by atoms with van der Waals surface area (Å²) in [5.41, 5.74) is 12.9. The third-order valence-corrected chi connectivity index (χ3v) is 12.5. The molecule has 7 aromatic rings. The summed E-state index contributed by atoms with van der Waals surface area (Å²) < 4.78 is 0. The molecule has 0 saturated heterocycles. The standard InChI is InChI=1S/C50H43N/c1-2-9-38(10-3-1)40-19-25-44(26-20-40)51(49-16-7-6-14-48(49)47-15-8-12-42-11-4-5-13-46(42)47)45-27-21-41(22-28-45)39-17-23-43(24-18-39)50-32-35-29-36(33-50)31-37(30-35)34-50/h1-28,35-37H,29-34H2. The van der Waals surface area contributed by atoms with Gasteiger partial charge < -0.3 is 4.90 Å². The van der Waals surface area contributed by atoms with Crippen LogP contribution in [0.25, 0.3) is 44.2 Å². The zero-order chi connectivity index (χ0) is 33.8. The maximum Gasteiger partial charge on any atom is 0.0540 e. The number of para-hydroxylation sites is 1. The van der Waals surface area contributed by atoms with Gasteiger partial charge in [0.1, 0.15) is 0 Å². The molecule has 4 saturated carbocycles. The lowest BCUT2D eigenvalue weighted by Crippen LogP contribution is -2.48. The number of fused-ring (bicyclic) bond motifs is 1. The molecule has 0 unspecified atom stereocenters. The number of hydrogen-bond acceptors (Lipinski definition) is 1. The Hall–Kier alpha value is -5.40. The van der Waals surface area contributed by atoms with Crippen molar-refractivity contribution in [2.75, 3.05) is 4.90 Å². The molecule has 0 heterocycles. The summed E-state index contributed by atoms with van der Waals surface area (Å²) in [4.78, 5) is 2.42. The van der Waals surface area contributed by atoms with E-state index in [1.807, 2.05) is 0 Å². The lowest BCUT2D eigenvalue weighted by Gasteiger charge is -2.57. The number of anilines is 3. The van der Waals surface area contributed by atoms with E-state index >= 15 is 0 Å². The predicted molar refractivity (Wildman–Crippen MR) is 215 cm³/mol. The van der Waals surface area contributed by atoms with E-state index in [9.17, 15) is 0 Å². The van der Waals surface area contributed by atoms with Crippen molar-refractivity contribution in [3.05, 3.63) is 175 Å². The minimum Gasteiger partial charge on any atom is -0.310 e. The molecule has 1 nitrogen and oxygen atoms in total. The van der Waals surface area contributed by atoms with Gasteiger partial charge in [-0.25, -0.2) is 0 Å². The summed E-state index contributed by atoms with van der Waals surface area (Å²) in [7, 11) is 0. The predicted octanol–water partition coefficient (Wildman–Crippen LogP) is 13.8. The first kappa shape index (κ1) is 30.4. The van der Waals surface area contributed by atoms with Crippen molar-refractivity contribution >= 4 is 27.8 Å². The molecule has 0 aromatic heterocycles. The van der Waals surface area contributed by atoms with Gasteiger partial charge >= 0.3 is 0 Å². The molecule has 4 fully saturated rings. The van der Waals surface area contributed by atoms with E-state index < -0.39 is 0 Å². The highest BCUT2D eigenvalue weighted by atomic mass is 15.1. The average molecular weight is 658 g/mol. The van der Waals surface area contributed by atoms with Crippen LogP contribution in [0, 0.1) is 17.8 Å². The maximum absolute atomic E-state index is 2.47. The van der Waals surface area contributed by atoms with E-state index in [0.29, 0.717) is 5.41 Å². The van der Waals surface area contributed by atoms with Crippen molar-refractivity contribution in [3.63, 3.8) is 0 Å². The van der Waals surface area contributed by atoms with Crippen molar-refractivity contribution in [2.45, 2.75) is 43.9 Å². The van der Waals surface area contributed by atoms with Gasteiger partial charge in [-0.1, -0.05) is 140 Å². The van der Waals surface area contributed by atoms with Gasteiger partial charge in [0, 0.05) is 16.9 Å². The van der Waals surface area contributed by atoms with E-state index in [4.69, 9.17) is 0 Å². The Bertz CT molecular complexity index is 2280. The molecule has 4 bridgehead atoms. The third kappa shape index (κ3) is 5.47. The lowest BCUT2D eigenvalue weighted by molar-refractivity contribution is -0.00518. The summed E-state index contributed by atoms with van der Waals surface area (Å²) in [6.45, 7) is 0. The topological polar surface area (TPSA) is 3.24 Å². The molecule has 248 valence electrons. The summed E-state index contributed by atoms with van der Waals surface area (Å²) in [6.07, 6.45) is 8.71. The van der Waals surface area contributed by atoms with Gasteiger partial charge in [-0.2, -0.15) is 0 Å². The molecule has 0 radical (unpaired) electrons. The maximum atomic E-state index is 2.47. The molecule has 4 aliphatic rings. The van der Waals surface area contributed by atoms with Crippen LogP contribution in [0.2, 0.25) is 0 Å². The highest BCUT2D eigenvalue weighted by molar-refractivity contribution is 6.01. The minimum atomic E-state index is 0.436. The van der Waals surface area contributed by atoms with E-state index in [2.05, 4.69) is 175 Å². The second kappa shape index (κ2) is 12.4. The van der Waals surface area contributed by atoms with Crippen molar-refractivity contribution in [1.29, 1.82) is 0 Å². The first-order valence-corrected chi connectivity index (χ1v) is 18.9. The molecule has 0 amide bonds. The Balaban J connectivity index is 1.03. The molecule has 0 aliphatic heterocycles. The van der Waals surface area contributed by atoms with Crippen LogP contribution in [0.3, 0.4) is 0 Å². The average Bonchev–Trinajstić information content (AvgIpc) is 3.18. The number of nitrogens with zero attached hydrogens (tertiary/aromatic N) is 1. The molecule has 7 aromatic carbocycles. The zero-order valence-electron chi connectivity index (χ0n) is 29.1. The van der Waals surface area contributed by atoms with Crippen molar-refractivity contribution in [3.8, 4) is 33.4 Å². The van der Waals surface area contributed by atoms with E-state index in [1.54, 1.807) is 5.56 Å². The number of benzene rings is 7. The Morgan fingerprint density at radius 2 is 0.863 bits per heavy atom. The fraction of sp³-hybridized carbons (Fsp3) is 0.200. The monoisotopic (exact) mass is 657 g/mol. The SMILES string of the molecule is c1ccc(-c2ccc(N(c3ccc(-c4ccc(C56CC7CC(CC(C7)C5)C6)cc4)cc3)c3ccccc3-c3cccc4ccccc34)cc2)cc1. The Labute approximate surface area is 302 Å². The van der Waals surface area contributed by atoms with Crippen molar-refractivity contribution in [1.82, 2.24) is 0 Å². The van der Waals surface area contributed by atoms with Gasteiger partial charge in [0.05, 0.1) is 5.69 Å². The highest BCUT2D eigenvalue weighted by Crippen LogP contribution is 2.60. The fourth-order valence-corrected chi connectivity index (χ4v) is 10.5. The molecule has 4 aliphatic carbocycles. The van der Waals surface area contributed by atoms with Gasteiger partial charge in [-0.05, 0) is 136 Å². The Morgan fingerprint density at radius 3 is 1.49 bits per heavy atom. The summed E-state index contributed by atoms with van der Waals surface area (Å²) in [5.74, 6) is 2.89. The van der Waals surface area contributed by atoms with Gasteiger partial charge in [0.25, 0.3) is 0 Å². The molecule has 0 N–H and O–H groups in total. The molecule has 51 heavy (non-hydrogen) atoms. The summed E-state index contributed by atoms with van der Waals surface area (Å²) in [5, 5.41) is 2.52. The van der Waals surface area contributed by atoms with Crippen LogP contribution in [-0.4, -0.2) is 0 Å². The largest absolute Gasteiger partial charge is 0.310 e. The molecule has 0 spiro atoms. The van der Waals surface area contributed by atoms with E-state index in [1.165, 1.54) is 82.7 Å². The summed E-state index contributed by atoms with van der Waals surface area (Å²) >= 11 is 0. The van der Waals surface area contributed by atoms with Crippen LogP contribution in [0.1, 0.15) is 44.1 Å². The van der Waals surface area contributed by atoms with Crippen LogP contribution in [0.4, 0.5) is 17.1 Å².